The molecule has 5 heteroatoms. The number of morpholine rings is 1. The molecule has 0 spiro atoms. The molecule has 0 radical (unpaired) electrons. The van der Waals surface area contributed by atoms with E-state index in [9.17, 15) is 4.79 Å². The van der Waals surface area contributed by atoms with Gasteiger partial charge in [0.1, 0.15) is 0 Å². The Kier molecular flexibility index (Phi) is 4.15. The van der Waals surface area contributed by atoms with E-state index in [-0.39, 0.29) is 23.4 Å². The van der Waals surface area contributed by atoms with E-state index in [0.29, 0.717) is 19.8 Å². The van der Waals surface area contributed by atoms with Crippen molar-refractivity contribution >= 4 is 21.8 Å². The van der Waals surface area contributed by atoms with Crippen molar-refractivity contribution in [1.29, 1.82) is 0 Å². The fourth-order valence-electron chi connectivity index (χ4n) is 1.32. The molecule has 1 N–H and O–H groups in total. The van der Waals surface area contributed by atoms with Crippen LogP contribution in [0.3, 0.4) is 0 Å². The van der Waals surface area contributed by atoms with Crippen molar-refractivity contribution in [3.63, 3.8) is 0 Å². The van der Waals surface area contributed by atoms with Gasteiger partial charge in [-0.2, -0.15) is 0 Å². The van der Waals surface area contributed by atoms with Gasteiger partial charge in [0.25, 0.3) is 0 Å². The summed E-state index contributed by atoms with van der Waals surface area (Å²) in [5, 5.41) is 9.00. The Bertz CT molecular complexity index is 186. The summed E-state index contributed by atoms with van der Waals surface area (Å²) in [6.07, 6.45) is 0. The van der Waals surface area contributed by atoms with Gasteiger partial charge in [-0.15, -0.1) is 0 Å². The highest BCUT2D eigenvalue weighted by Gasteiger charge is 2.28. The highest BCUT2D eigenvalue weighted by Crippen LogP contribution is 2.11. The molecule has 13 heavy (non-hydrogen) atoms. The van der Waals surface area contributed by atoms with E-state index < -0.39 is 0 Å². The topological polar surface area (TPSA) is 49.8 Å². The zero-order valence-electron chi connectivity index (χ0n) is 7.57. The first-order valence-electron chi connectivity index (χ1n) is 4.30. The summed E-state index contributed by atoms with van der Waals surface area (Å²) < 4.78 is 5.16. The monoisotopic (exact) mass is 251 g/mol. The van der Waals surface area contributed by atoms with Crippen LogP contribution in [0.1, 0.15) is 6.92 Å². The van der Waals surface area contributed by atoms with Gasteiger partial charge in [0.2, 0.25) is 5.91 Å². The van der Waals surface area contributed by atoms with E-state index in [4.69, 9.17) is 9.84 Å². The number of aliphatic hydroxyl groups is 1. The van der Waals surface area contributed by atoms with E-state index in [1.54, 1.807) is 11.8 Å². The molecule has 1 aliphatic heterocycles. The molecule has 4 nitrogen and oxygen atoms in total. The highest BCUT2D eigenvalue weighted by molar-refractivity contribution is 9.10. The van der Waals surface area contributed by atoms with E-state index >= 15 is 0 Å². The minimum atomic E-state index is -0.195. The predicted octanol–water partition coefficient (Wildman–Crippen LogP) is -0.0105. The van der Waals surface area contributed by atoms with Gasteiger partial charge < -0.3 is 14.7 Å². The minimum absolute atomic E-state index is 0.0161. The molecular weight excluding hydrogens is 238 g/mol. The largest absolute Gasteiger partial charge is 0.394 e. The summed E-state index contributed by atoms with van der Waals surface area (Å²) in [5.74, 6) is 0.0161. The lowest BCUT2D eigenvalue weighted by molar-refractivity contribution is -0.140. The normalized spacial score (nSPS) is 25.8. The Morgan fingerprint density at radius 3 is 3.08 bits per heavy atom. The number of amides is 1. The van der Waals surface area contributed by atoms with E-state index in [1.807, 2.05) is 0 Å². The van der Waals surface area contributed by atoms with Crippen LogP contribution in [-0.4, -0.2) is 53.1 Å². The number of hydrogen-bond donors (Lipinski definition) is 1. The molecular formula is C8H14BrNO3. The minimum Gasteiger partial charge on any atom is -0.394 e. The van der Waals surface area contributed by atoms with Crippen LogP contribution in [-0.2, 0) is 9.53 Å². The second-order valence-electron chi connectivity index (χ2n) is 3.06. The maximum Gasteiger partial charge on any atom is 0.236 e. The molecule has 0 aromatic carbocycles. The van der Waals surface area contributed by atoms with Crippen molar-refractivity contribution in [2.24, 2.45) is 0 Å². The molecule has 0 saturated carbocycles. The van der Waals surface area contributed by atoms with Crippen LogP contribution in [0.2, 0.25) is 0 Å². The molecule has 2 unspecified atom stereocenters. The van der Waals surface area contributed by atoms with Crippen LogP contribution in [0.15, 0.2) is 0 Å². The first kappa shape index (κ1) is 10.9. The van der Waals surface area contributed by atoms with Crippen LogP contribution >= 0.6 is 15.9 Å². The summed E-state index contributed by atoms with van der Waals surface area (Å²) in [7, 11) is 0. The van der Waals surface area contributed by atoms with Crippen molar-refractivity contribution < 1.29 is 14.6 Å². The van der Waals surface area contributed by atoms with Gasteiger partial charge in [-0.25, -0.2) is 0 Å². The Hall–Kier alpha value is -0.130. The third-order valence-corrected chi connectivity index (χ3v) is 2.45. The molecule has 0 aromatic rings. The van der Waals surface area contributed by atoms with Crippen LogP contribution in [0, 0.1) is 0 Å². The van der Waals surface area contributed by atoms with Crippen LogP contribution < -0.4 is 0 Å². The third-order valence-electron chi connectivity index (χ3n) is 2.06. The zero-order valence-corrected chi connectivity index (χ0v) is 9.16. The van der Waals surface area contributed by atoms with Gasteiger partial charge in [-0.3, -0.25) is 4.79 Å². The molecule has 1 aliphatic rings. The number of carbonyl (C=O) groups is 1. The standard InChI is InChI=1S/C8H14BrNO3/c1-6(9)8(12)10-2-3-13-5-7(10)4-11/h6-7,11H,2-5H2,1H3. The second kappa shape index (κ2) is 4.93. The molecule has 1 rings (SSSR count). The van der Waals surface area contributed by atoms with Crippen molar-refractivity contribution in [3.8, 4) is 0 Å². The molecule has 76 valence electrons. The van der Waals surface area contributed by atoms with Crippen LogP contribution in [0.25, 0.3) is 0 Å². The first-order chi connectivity index (χ1) is 6.16. The lowest BCUT2D eigenvalue weighted by Crippen LogP contribution is -2.52. The zero-order chi connectivity index (χ0) is 9.84. The molecule has 1 saturated heterocycles. The summed E-state index contributed by atoms with van der Waals surface area (Å²) >= 11 is 3.22. The first-order valence-corrected chi connectivity index (χ1v) is 5.21. The number of rotatable bonds is 2. The Morgan fingerprint density at radius 1 is 1.85 bits per heavy atom. The quantitative estimate of drug-likeness (QED) is 0.703. The number of nitrogens with zero attached hydrogens (tertiary/aromatic N) is 1. The van der Waals surface area contributed by atoms with Crippen LogP contribution in [0.5, 0.6) is 0 Å². The molecule has 0 aliphatic carbocycles. The number of aliphatic hydroxyl groups excluding tert-OH is 1. The summed E-state index contributed by atoms with van der Waals surface area (Å²) in [6.45, 7) is 3.31. The van der Waals surface area contributed by atoms with Crippen molar-refractivity contribution in [3.05, 3.63) is 0 Å². The number of ether oxygens (including phenoxy) is 1. The average molecular weight is 252 g/mol. The SMILES string of the molecule is CC(Br)C(=O)N1CCOCC1CO. The summed E-state index contributed by atoms with van der Waals surface area (Å²) in [6, 6.07) is -0.179. The smallest absolute Gasteiger partial charge is 0.236 e. The number of hydrogen-bond acceptors (Lipinski definition) is 3. The van der Waals surface area contributed by atoms with Crippen LogP contribution in [0.4, 0.5) is 0 Å². The summed E-state index contributed by atoms with van der Waals surface area (Å²) in [4.78, 5) is 13.1. The maximum atomic E-state index is 11.6. The Balaban J connectivity index is 2.58. The van der Waals surface area contributed by atoms with Gasteiger partial charge in [0.15, 0.2) is 0 Å². The maximum absolute atomic E-state index is 11.6. The predicted molar refractivity (Wildman–Crippen MR) is 51.8 cm³/mol. The van der Waals surface area contributed by atoms with E-state index in [2.05, 4.69) is 15.9 Å². The molecule has 0 aromatic heterocycles. The number of alkyl halides is 1. The molecule has 1 fully saturated rings. The number of halogens is 1. The summed E-state index contributed by atoms with van der Waals surface area (Å²) in [5.41, 5.74) is 0. The van der Waals surface area contributed by atoms with Crippen molar-refractivity contribution in [2.45, 2.75) is 17.8 Å². The fraction of sp³-hybridized carbons (Fsp3) is 0.875. The van der Waals surface area contributed by atoms with Crippen molar-refractivity contribution in [1.82, 2.24) is 4.90 Å². The van der Waals surface area contributed by atoms with Crippen molar-refractivity contribution in [2.75, 3.05) is 26.4 Å². The molecule has 1 amide bonds. The van der Waals surface area contributed by atoms with Gasteiger partial charge >= 0.3 is 0 Å². The molecule has 2 atom stereocenters. The highest BCUT2D eigenvalue weighted by atomic mass is 79.9. The van der Waals surface area contributed by atoms with Gasteiger partial charge in [-0.05, 0) is 6.92 Å². The van der Waals surface area contributed by atoms with Gasteiger partial charge in [0, 0.05) is 6.54 Å². The second-order valence-corrected chi connectivity index (χ2v) is 4.43. The van der Waals surface area contributed by atoms with E-state index in [1.165, 1.54) is 0 Å². The number of carbonyl (C=O) groups excluding carboxylic acids is 1. The Morgan fingerprint density at radius 2 is 2.54 bits per heavy atom. The fourth-order valence-corrected chi connectivity index (χ4v) is 1.59. The Labute approximate surface area is 86.0 Å². The average Bonchev–Trinajstić information content (AvgIpc) is 2.16. The lowest BCUT2D eigenvalue weighted by Gasteiger charge is -2.35. The van der Waals surface area contributed by atoms with Gasteiger partial charge in [-0.1, -0.05) is 15.9 Å². The van der Waals surface area contributed by atoms with Gasteiger partial charge in [0.05, 0.1) is 30.7 Å². The molecule has 0 bridgehead atoms. The third kappa shape index (κ3) is 2.65. The lowest BCUT2D eigenvalue weighted by atomic mass is 10.2. The van der Waals surface area contributed by atoms with E-state index in [0.717, 1.165) is 0 Å². The molecule has 1 heterocycles.